The van der Waals surface area contributed by atoms with Crippen molar-refractivity contribution in [2.75, 3.05) is 22.9 Å². The van der Waals surface area contributed by atoms with Gasteiger partial charge in [0, 0.05) is 44.3 Å². The van der Waals surface area contributed by atoms with Crippen LogP contribution in [0.1, 0.15) is 321 Å². The molecule has 2 aliphatic heterocycles. The van der Waals surface area contributed by atoms with E-state index in [-0.39, 0.29) is 11.8 Å². The lowest BCUT2D eigenvalue weighted by molar-refractivity contribution is -0.113. The molecule has 2 unspecified atom stereocenters. The third kappa shape index (κ3) is 26.4. The molecule has 4 rings (SSSR count). The van der Waals surface area contributed by atoms with E-state index in [1.807, 2.05) is 22.0 Å². The van der Waals surface area contributed by atoms with Crippen molar-refractivity contribution < 1.29 is 9.59 Å². The Hall–Kier alpha value is -2.18. The van der Waals surface area contributed by atoms with Crippen LogP contribution in [0.15, 0.2) is 57.5 Å². The minimum atomic E-state index is 0.0579. The number of benzene rings is 2. The van der Waals surface area contributed by atoms with Crippen molar-refractivity contribution in [1.82, 2.24) is 0 Å². The molecule has 2 aromatic rings. The minimum absolute atomic E-state index is 0.0579. The highest BCUT2D eigenvalue weighted by Crippen LogP contribution is 2.42. The molecule has 2 aliphatic rings. The molecule has 0 saturated heterocycles. The topological polar surface area (TPSA) is 40.6 Å². The molecule has 0 aliphatic carbocycles. The quantitative estimate of drug-likeness (QED) is 0.0489. The van der Waals surface area contributed by atoms with Crippen LogP contribution < -0.4 is 9.80 Å². The summed E-state index contributed by atoms with van der Waals surface area (Å²) in [5.74, 6) is 1.58. The lowest BCUT2D eigenvalue weighted by atomic mass is 9.90. The van der Waals surface area contributed by atoms with Gasteiger partial charge >= 0.3 is 0 Å². The van der Waals surface area contributed by atoms with Crippen molar-refractivity contribution in [3.8, 4) is 0 Å². The number of hydrogen-bond donors (Lipinski definition) is 0. The second-order valence-electron chi connectivity index (χ2n) is 23.9. The van der Waals surface area contributed by atoms with Crippen molar-refractivity contribution in [3.63, 3.8) is 0 Å². The summed E-state index contributed by atoms with van der Waals surface area (Å²) < 4.78 is 1.98. The second-order valence-corrected chi connectivity index (χ2v) is 25.7. The van der Waals surface area contributed by atoms with E-state index in [0.717, 1.165) is 69.2 Å². The fourth-order valence-corrected chi connectivity index (χ4v) is 13.2. The number of hydrogen-bond acceptors (Lipinski definition) is 2. The number of nitrogens with zero attached hydrogens (tertiary/aromatic N) is 2. The summed E-state index contributed by atoms with van der Waals surface area (Å²) in [4.78, 5) is 33.2. The zero-order valence-corrected chi connectivity index (χ0v) is 52.9. The fraction of sp³-hybridized carbons (Fsp3) is 0.743. The zero-order chi connectivity index (χ0) is 54.3. The summed E-state index contributed by atoms with van der Waals surface area (Å²) in [5.41, 5.74) is 5.29. The first kappa shape index (κ1) is 66.3. The van der Waals surface area contributed by atoms with Crippen molar-refractivity contribution in [3.05, 3.63) is 68.6 Å². The molecule has 0 saturated carbocycles. The maximum atomic E-state index is 14.6. The van der Waals surface area contributed by atoms with E-state index < -0.39 is 0 Å². The molecular formula is C70H114Br2N2O2. The number of rotatable bonds is 49. The van der Waals surface area contributed by atoms with Crippen LogP contribution in [0, 0.1) is 11.8 Å². The highest BCUT2D eigenvalue weighted by atomic mass is 79.9. The summed E-state index contributed by atoms with van der Waals surface area (Å²) in [5, 5.41) is 0. The van der Waals surface area contributed by atoms with Crippen LogP contribution in [0.3, 0.4) is 0 Å². The first-order valence-electron chi connectivity index (χ1n) is 33.0. The van der Waals surface area contributed by atoms with Gasteiger partial charge in [-0.2, -0.15) is 0 Å². The maximum absolute atomic E-state index is 14.6. The minimum Gasteiger partial charge on any atom is -0.308 e. The van der Waals surface area contributed by atoms with Gasteiger partial charge in [-0.25, -0.2) is 0 Å². The maximum Gasteiger partial charge on any atom is 0.258 e. The third-order valence-electron chi connectivity index (χ3n) is 17.3. The lowest BCUT2D eigenvalue weighted by Crippen LogP contribution is -2.28. The number of amides is 2. The lowest BCUT2D eigenvalue weighted by Gasteiger charge is -2.21. The molecule has 2 aromatic carbocycles. The zero-order valence-electron chi connectivity index (χ0n) is 49.8. The highest BCUT2D eigenvalue weighted by Gasteiger charge is 2.35. The van der Waals surface area contributed by atoms with Crippen LogP contribution >= 0.6 is 31.9 Å². The van der Waals surface area contributed by atoms with Gasteiger partial charge in [0.15, 0.2) is 0 Å². The number of carbonyl (C=O) groups excluding carboxylic acids is 2. The van der Waals surface area contributed by atoms with Crippen LogP contribution in [0.5, 0.6) is 0 Å². The van der Waals surface area contributed by atoms with Crippen LogP contribution in [0.25, 0.3) is 11.1 Å². The van der Waals surface area contributed by atoms with E-state index in [9.17, 15) is 9.59 Å². The molecule has 4 nitrogen and oxygen atoms in total. The number of carbonyl (C=O) groups is 2. The predicted molar refractivity (Wildman–Crippen MR) is 342 cm³/mol. The Morgan fingerprint density at radius 3 is 0.842 bits per heavy atom. The third-order valence-corrected chi connectivity index (χ3v) is 18.3. The van der Waals surface area contributed by atoms with Gasteiger partial charge in [0.05, 0.1) is 11.4 Å². The molecule has 2 atom stereocenters. The summed E-state index contributed by atoms with van der Waals surface area (Å²) in [6.45, 7) is 10.7. The van der Waals surface area contributed by atoms with Crippen molar-refractivity contribution in [1.29, 1.82) is 0 Å². The van der Waals surface area contributed by atoms with E-state index in [0.29, 0.717) is 11.1 Å². The van der Waals surface area contributed by atoms with Crippen molar-refractivity contribution in [2.45, 2.75) is 310 Å². The number of unbranched alkanes of at least 4 members (excludes halogenated alkanes) is 32. The van der Waals surface area contributed by atoms with Gasteiger partial charge in [-0.05, 0) is 73.9 Å². The number of allylic oxidation sites excluding steroid dienone is 2. The summed E-state index contributed by atoms with van der Waals surface area (Å²) >= 11 is 7.49. The Balaban J connectivity index is 1.37. The van der Waals surface area contributed by atoms with Gasteiger partial charge in [-0.3, -0.25) is 9.59 Å². The molecule has 430 valence electrons. The smallest absolute Gasteiger partial charge is 0.258 e. The molecule has 0 aromatic heterocycles. The first-order valence-corrected chi connectivity index (χ1v) is 34.6. The largest absolute Gasteiger partial charge is 0.308 e. The Morgan fingerprint density at radius 1 is 0.342 bits per heavy atom. The normalized spacial score (nSPS) is 15.2. The molecule has 0 bridgehead atoms. The van der Waals surface area contributed by atoms with E-state index in [1.165, 1.54) is 270 Å². The van der Waals surface area contributed by atoms with Crippen LogP contribution in [-0.2, 0) is 9.59 Å². The summed E-state index contributed by atoms with van der Waals surface area (Å²) in [6, 6.07) is 12.5. The Labute approximate surface area is 486 Å². The summed E-state index contributed by atoms with van der Waals surface area (Å²) in [6.07, 6.45) is 63.1. The van der Waals surface area contributed by atoms with Gasteiger partial charge < -0.3 is 9.80 Å². The molecule has 0 radical (unpaired) electrons. The molecule has 6 heteroatoms. The average Bonchev–Trinajstić information content (AvgIpc) is 3.83. The second kappa shape index (κ2) is 42.7. The van der Waals surface area contributed by atoms with Gasteiger partial charge in [0.2, 0.25) is 0 Å². The molecule has 2 heterocycles. The predicted octanol–water partition coefficient (Wildman–Crippen LogP) is 23.8. The van der Waals surface area contributed by atoms with Gasteiger partial charge in [0.1, 0.15) is 0 Å². The van der Waals surface area contributed by atoms with Gasteiger partial charge in [0.25, 0.3) is 11.8 Å². The first-order chi connectivity index (χ1) is 37.3. The van der Waals surface area contributed by atoms with E-state index in [2.05, 4.69) is 96.0 Å². The Bertz CT molecular complexity index is 1770. The Morgan fingerprint density at radius 2 is 0.579 bits per heavy atom. The number of fused-ring (bicyclic) bond motifs is 2. The van der Waals surface area contributed by atoms with Crippen LogP contribution in [0.2, 0.25) is 0 Å². The van der Waals surface area contributed by atoms with E-state index in [1.54, 1.807) is 0 Å². The molecule has 2 amide bonds. The standard InChI is InChI=1S/C70H114Br2N2O2/c1-5-9-13-17-21-25-27-31-35-39-45-59(43-37-33-29-23-19-15-11-7-3)47-41-55-73-67-57-61(71)49-51-63(67)65(69(73)75)53-54-66-64-52-50-62(72)58-68(64)74(70(66)76)56-42-48-60(44-38-34-30-24-20-16-12-8-4)46-40-36-32-28-26-22-18-14-10-6-2/h49-54,57-60H,5-48,55-56H2,1-4H3/b65-53-,66-54+. The highest BCUT2D eigenvalue weighted by molar-refractivity contribution is 9.10. The number of halogens is 2. The van der Waals surface area contributed by atoms with Gasteiger partial charge in [-0.15, -0.1) is 0 Å². The fourth-order valence-electron chi connectivity index (χ4n) is 12.5. The van der Waals surface area contributed by atoms with Crippen molar-refractivity contribution >= 4 is 66.2 Å². The van der Waals surface area contributed by atoms with Crippen molar-refractivity contribution in [2.24, 2.45) is 11.8 Å². The molecule has 0 spiro atoms. The van der Waals surface area contributed by atoms with E-state index >= 15 is 0 Å². The molecular weight excluding hydrogens is 1060 g/mol. The van der Waals surface area contributed by atoms with Gasteiger partial charge in [-0.1, -0.05) is 329 Å². The monoisotopic (exact) mass is 1170 g/mol. The van der Waals surface area contributed by atoms with Crippen LogP contribution in [0.4, 0.5) is 11.4 Å². The Kier molecular flexibility index (Phi) is 37.2. The molecule has 0 fully saturated rings. The van der Waals surface area contributed by atoms with Crippen LogP contribution in [-0.4, -0.2) is 24.9 Å². The molecule has 76 heavy (non-hydrogen) atoms. The van der Waals surface area contributed by atoms with E-state index in [4.69, 9.17) is 0 Å². The number of anilines is 2. The molecule has 0 N–H and O–H groups in total. The average molecular weight is 1180 g/mol. The summed E-state index contributed by atoms with van der Waals surface area (Å²) in [7, 11) is 0. The SMILES string of the molecule is CCCCCCCCCCCCC(CCCCCCCCCC)CCCN1C(=O)/C(=C\C=C2\C(=O)N(CCCC(CCCCCCCCCC)CCCCCCCCCCCC)c3cc(Br)ccc32)c2ccc(Br)cc21.